The normalized spacial score (nSPS) is 15.6. The molecule has 0 radical (unpaired) electrons. The third-order valence-electron chi connectivity index (χ3n) is 5.36. The average molecular weight is 378 g/mol. The number of fused-ring (bicyclic) bond motifs is 2. The zero-order chi connectivity index (χ0) is 19.5. The van der Waals surface area contributed by atoms with Gasteiger partial charge in [-0.3, -0.25) is 19.3 Å². The van der Waals surface area contributed by atoms with Gasteiger partial charge in [-0.05, 0) is 25.0 Å². The lowest BCUT2D eigenvalue weighted by Crippen LogP contribution is -2.36. The lowest BCUT2D eigenvalue weighted by molar-refractivity contribution is -0.132. The van der Waals surface area contributed by atoms with Crippen molar-refractivity contribution < 1.29 is 14.4 Å². The molecule has 2 aromatic rings. The van der Waals surface area contributed by atoms with E-state index in [0.29, 0.717) is 43.6 Å². The Kier molecular flexibility index (Phi) is 5.14. The van der Waals surface area contributed by atoms with Crippen LogP contribution in [0.2, 0.25) is 0 Å². The summed E-state index contributed by atoms with van der Waals surface area (Å²) in [7, 11) is 0. The van der Waals surface area contributed by atoms with Gasteiger partial charge in [-0.1, -0.05) is 18.6 Å². The first-order chi connectivity index (χ1) is 13.6. The number of nitrogens with zero attached hydrogens (tertiary/aromatic N) is 4. The number of carbonyl (C=O) groups is 3. The number of imide groups is 1. The molecule has 7 heteroatoms. The Morgan fingerprint density at radius 3 is 2.54 bits per heavy atom. The summed E-state index contributed by atoms with van der Waals surface area (Å²) in [6.45, 7) is 1.66. The zero-order valence-electron chi connectivity index (χ0n) is 15.6. The first-order valence-electron chi connectivity index (χ1n) is 9.66. The van der Waals surface area contributed by atoms with E-state index in [2.05, 4.69) is 9.97 Å². The van der Waals surface area contributed by atoms with Crippen LogP contribution in [0.3, 0.4) is 0 Å². The van der Waals surface area contributed by atoms with E-state index in [0.717, 1.165) is 30.5 Å². The molecule has 1 aromatic heterocycles. The third-order valence-corrected chi connectivity index (χ3v) is 5.36. The molecule has 0 saturated carbocycles. The first kappa shape index (κ1) is 18.3. The quantitative estimate of drug-likeness (QED) is 0.568. The van der Waals surface area contributed by atoms with E-state index < -0.39 is 0 Å². The molecule has 0 N–H and O–H groups in total. The summed E-state index contributed by atoms with van der Waals surface area (Å²) < 4.78 is 0. The van der Waals surface area contributed by atoms with Crippen molar-refractivity contribution in [1.29, 1.82) is 0 Å². The van der Waals surface area contributed by atoms with Crippen molar-refractivity contribution in [1.82, 2.24) is 19.8 Å². The molecule has 0 unspecified atom stereocenters. The SMILES string of the molecule is O=C(CCCCCN1C(=O)c2ccccc2C1=O)N1CCc2ncncc2C1. The fourth-order valence-corrected chi connectivity index (χ4v) is 3.80. The van der Waals surface area contributed by atoms with Gasteiger partial charge in [0.15, 0.2) is 0 Å². The van der Waals surface area contributed by atoms with Gasteiger partial charge in [0.1, 0.15) is 6.33 Å². The Labute approximate surface area is 163 Å². The molecule has 0 aliphatic carbocycles. The Morgan fingerprint density at radius 1 is 1.04 bits per heavy atom. The van der Waals surface area contributed by atoms with Crippen molar-refractivity contribution >= 4 is 17.7 Å². The average Bonchev–Trinajstić information content (AvgIpc) is 2.98. The van der Waals surface area contributed by atoms with E-state index in [1.165, 1.54) is 4.90 Å². The van der Waals surface area contributed by atoms with Gasteiger partial charge < -0.3 is 4.90 Å². The number of hydrogen-bond donors (Lipinski definition) is 0. The number of hydrogen-bond acceptors (Lipinski definition) is 5. The van der Waals surface area contributed by atoms with E-state index in [-0.39, 0.29) is 17.7 Å². The summed E-state index contributed by atoms with van der Waals surface area (Å²) in [5, 5.41) is 0. The van der Waals surface area contributed by atoms with Crippen molar-refractivity contribution in [2.75, 3.05) is 13.1 Å². The predicted octanol–water partition coefficient (Wildman–Crippen LogP) is 2.22. The van der Waals surface area contributed by atoms with Gasteiger partial charge in [-0.15, -0.1) is 0 Å². The molecule has 7 nitrogen and oxygen atoms in total. The van der Waals surface area contributed by atoms with Crippen molar-refractivity contribution in [2.24, 2.45) is 0 Å². The van der Waals surface area contributed by atoms with Crippen molar-refractivity contribution in [3.05, 3.63) is 59.2 Å². The fraction of sp³-hybridized carbons (Fsp3) is 0.381. The smallest absolute Gasteiger partial charge is 0.261 e. The summed E-state index contributed by atoms with van der Waals surface area (Å²) >= 11 is 0. The number of amides is 3. The molecule has 0 atom stereocenters. The topological polar surface area (TPSA) is 83.5 Å². The zero-order valence-corrected chi connectivity index (χ0v) is 15.6. The number of benzene rings is 1. The highest BCUT2D eigenvalue weighted by molar-refractivity contribution is 6.21. The third kappa shape index (κ3) is 3.52. The summed E-state index contributed by atoms with van der Waals surface area (Å²) in [5.41, 5.74) is 3.02. The van der Waals surface area contributed by atoms with Gasteiger partial charge in [0.05, 0.1) is 16.8 Å². The minimum Gasteiger partial charge on any atom is -0.338 e. The highest BCUT2D eigenvalue weighted by Gasteiger charge is 2.34. The minimum atomic E-state index is -0.217. The monoisotopic (exact) mass is 378 g/mol. The molecule has 28 heavy (non-hydrogen) atoms. The second kappa shape index (κ2) is 7.88. The second-order valence-electron chi connectivity index (χ2n) is 7.18. The molecule has 1 aromatic carbocycles. The highest BCUT2D eigenvalue weighted by Crippen LogP contribution is 2.23. The Bertz CT molecular complexity index is 892. The van der Waals surface area contributed by atoms with Crippen LogP contribution in [0.15, 0.2) is 36.8 Å². The van der Waals surface area contributed by atoms with E-state index in [9.17, 15) is 14.4 Å². The maximum atomic E-state index is 12.4. The first-order valence-corrected chi connectivity index (χ1v) is 9.66. The standard InChI is InChI=1S/C21H22N4O3/c26-19(24-11-9-18-15(13-24)12-22-14-23-18)8-2-1-5-10-25-20(27)16-6-3-4-7-17(16)21(25)28/h3-4,6-7,12,14H,1-2,5,8-11,13H2. The summed E-state index contributed by atoms with van der Waals surface area (Å²) in [6.07, 6.45) is 6.82. The molecule has 2 aliphatic heterocycles. The van der Waals surface area contributed by atoms with Gasteiger partial charge in [-0.25, -0.2) is 9.97 Å². The van der Waals surface area contributed by atoms with Crippen molar-refractivity contribution in [3.63, 3.8) is 0 Å². The molecule has 0 bridgehead atoms. The maximum Gasteiger partial charge on any atom is 0.261 e. The second-order valence-corrected chi connectivity index (χ2v) is 7.18. The number of rotatable bonds is 6. The molecule has 0 saturated heterocycles. The number of carbonyl (C=O) groups excluding carboxylic acids is 3. The molecule has 3 amide bonds. The van der Waals surface area contributed by atoms with Crippen LogP contribution in [0.25, 0.3) is 0 Å². The Morgan fingerprint density at radius 2 is 1.79 bits per heavy atom. The predicted molar refractivity (Wildman–Crippen MR) is 101 cm³/mol. The largest absolute Gasteiger partial charge is 0.338 e. The van der Waals surface area contributed by atoms with Crippen LogP contribution in [-0.4, -0.2) is 50.6 Å². The molecule has 2 aliphatic rings. The van der Waals surface area contributed by atoms with Crippen LogP contribution in [-0.2, 0) is 17.8 Å². The molecular formula is C21H22N4O3. The van der Waals surface area contributed by atoms with Crippen molar-refractivity contribution in [2.45, 2.75) is 38.6 Å². The van der Waals surface area contributed by atoms with E-state index in [1.807, 2.05) is 4.90 Å². The molecule has 4 rings (SSSR count). The summed E-state index contributed by atoms with van der Waals surface area (Å²) in [5.74, 6) is -0.299. The Hall–Kier alpha value is -3.09. The molecule has 144 valence electrons. The van der Waals surface area contributed by atoms with Crippen LogP contribution >= 0.6 is 0 Å². The Balaban J connectivity index is 1.20. The van der Waals surface area contributed by atoms with E-state index in [1.54, 1.807) is 36.8 Å². The van der Waals surface area contributed by atoms with Crippen LogP contribution in [0.1, 0.15) is 57.7 Å². The molecule has 3 heterocycles. The van der Waals surface area contributed by atoms with Crippen LogP contribution in [0, 0.1) is 0 Å². The molecular weight excluding hydrogens is 356 g/mol. The van der Waals surface area contributed by atoms with E-state index >= 15 is 0 Å². The van der Waals surface area contributed by atoms with Crippen molar-refractivity contribution in [3.8, 4) is 0 Å². The van der Waals surface area contributed by atoms with Crippen LogP contribution in [0.4, 0.5) is 0 Å². The summed E-state index contributed by atoms with van der Waals surface area (Å²) in [4.78, 5) is 48.5. The fourth-order valence-electron chi connectivity index (χ4n) is 3.80. The minimum absolute atomic E-state index is 0.134. The van der Waals surface area contributed by atoms with Gasteiger partial charge in [0.2, 0.25) is 5.91 Å². The van der Waals surface area contributed by atoms with Crippen LogP contribution in [0.5, 0.6) is 0 Å². The summed E-state index contributed by atoms with van der Waals surface area (Å²) in [6, 6.07) is 6.92. The number of aromatic nitrogens is 2. The molecule has 0 spiro atoms. The lowest BCUT2D eigenvalue weighted by atomic mass is 10.1. The van der Waals surface area contributed by atoms with E-state index in [4.69, 9.17) is 0 Å². The van der Waals surface area contributed by atoms with Gasteiger partial charge in [0, 0.05) is 44.2 Å². The maximum absolute atomic E-state index is 12.4. The number of unbranched alkanes of at least 4 members (excludes halogenated alkanes) is 2. The molecule has 0 fully saturated rings. The van der Waals surface area contributed by atoms with Gasteiger partial charge >= 0.3 is 0 Å². The lowest BCUT2D eigenvalue weighted by Gasteiger charge is -2.27. The van der Waals surface area contributed by atoms with Gasteiger partial charge in [0.25, 0.3) is 11.8 Å². The highest BCUT2D eigenvalue weighted by atomic mass is 16.2. The van der Waals surface area contributed by atoms with Crippen LogP contribution < -0.4 is 0 Å². The van der Waals surface area contributed by atoms with Gasteiger partial charge in [-0.2, -0.15) is 0 Å².